The van der Waals surface area contributed by atoms with E-state index in [1.54, 1.807) is 0 Å². The molecular weight excluding hydrogens is 446 g/mol. The van der Waals surface area contributed by atoms with Crippen LogP contribution in [0, 0.1) is 0 Å². The fourth-order valence-corrected chi connectivity index (χ4v) is 5.82. The average molecular weight is 480 g/mol. The molecule has 0 fully saturated rings. The molecule has 3 aromatic rings. The lowest BCUT2D eigenvalue weighted by Gasteiger charge is -2.40. The molecule has 0 saturated heterocycles. The van der Waals surface area contributed by atoms with Crippen molar-refractivity contribution in [1.29, 1.82) is 0 Å². The largest absolute Gasteiger partial charge is 0.358 e. The van der Waals surface area contributed by atoms with Gasteiger partial charge in [0.25, 0.3) is 0 Å². The van der Waals surface area contributed by atoms with E-state index in [2.05, 4.69) is 145 Å². The number of nitrogens with zero attached hydrogens (tertiary/aromatic N) is 1. The van der Waals surface area contributed by atoms with Crippen molar-refractivity contribution in [3.05, 3.63) is 162 Å². The number of hydrogen-bond donors (Lipinski definition) is 0. The summed E-state index contributed by atoms with van der Waals surface area (Å²) in [6.45, 7) is 0. The lowest BCUT2D eigenvalue weighted by atomic mass is 9.82. The number of allylic oxidation sites excluding steroid dienone is 8. The van der Waals surface area contributed by atoms with Crippen molar-refractivity contribution in [3.8, 4) is 0 Å². The van der Waals surface area contributed by atoms with Crippen LogP contribution in [0.1, 0.15) is 36.8 Å². The molecule has 2 atom stereocenters. The minimum absolute atomic E-state index is 0.280. The number of benzene rings is 3. The van der Waals surface area contributed by atoms with Crippen LogP contribution in [0.4, 0.5) is 5.69 Å². The second-order valence-electron chi connectivity index (χ2n) is 9.98. The molecule has 0 spiro atoms. The highest BCUT2D eigenvalue weighted by atomic mass is 15.2. The van der Waals surface area contributed by atoms with E-state index in [9.17, 15) is 0 Å². The van der Waals surface area contributed by atoms with Crippen molar-refractivity contribution >= 4 is 16.8 Å². The van der Waals surface area contributed by atoms with Crippen LogP contribution in [0.2, 0.25) is 0 Å². The highest BCUT2D eigenvalue weighted by Gasteiger charge is 2.29. The van der Waals surface area contributed by atoms with E-state index in [0.717, 1.165) is 25.7 Å². The Morgan fingerprint density at radius 2 is 1.35 bits per heavy atom. The minimum atomic E-state index is 0.280. The van der Waals surface area contributed by atoms with Gasteiger partial charge in [0.05, 0.1) is 12.1 Å². The summed E-state index contributed by atoms with van der Waals surface area (Å²) in [6.07, 6.45) is 23.0. The summed E-state index contributed by atoms with van der Waals surface area (Å²) >= 11 is 0. The van der Waals surface area contributed by atoms with Gasteiger partial charge in [-0.15, -0.1) is 0 Å². The first kappa shape index (κ1) is 23.3. The number of para-hydroxylation sites is 1. The van der Waals surface area contributed by atoms with Crippen LogP contribution in [0.25, 0.3) is 11.1 Å². The fourth-order valence-electron chi connectivity index (χ4n) is 5.82. The maximum atomic E-state index is 2.63. The number of hydrogen-bond acceptors (Lipinski definition) is 1. The zero-order chi connectivity index (χ0) is 24.9. The van der Waals surface area contributed by atoms with Gasteiger partial charge < -0.3 is 4.90 Å². The summed E-state index contributed by atoms with van der Waals surface area (Å²) in [4.78, 5) is 2.63. The second kappa shape index (κ2) is 10.9. The molecule has 1 nitrogen and oxygen atoms in total. The van der Waals surface area contributed by atoms with Crippen LogP contribution in [-0.2, 0) is 0 Å². The minimum Gasteiger partial charge on any atom is -0.358 e. The van der Waals surface area contributed by atoms with E-state index in [1.807, 2.05) is 0 Å². The Balaban J connectivity index is 1.35. The van der Waals surface area contributed by atoms with Crippen LogP contribution in [0.15, 0.2) is 151 Å². The summed E-state index contributed by atoms with van der Waals surface area (Å²) < 4.78 is 0. The van der Waals surface area contributed by atoms with Gasteiger partial charge in [-0.25, -0.2) is 0 Å². The Morgan fingerprint density at radius 3 is 2.00 bits per heavy atom. The van der Waals surface area contributed by atoms with Gasteiger partial charge in [0.1, 0.15) is 0 Å². The van der Waals surface area contributed by atoms with E-state index in [0.29, 0.717) is 6.04 Å². The summed E-state index contributed by atoms with van der Waals surface area (Å²) in [6, 6.07) is 33.2. The Kier molecular flexibility index (Phi) is 6.86. The zero-order valence-corrected chi connectivity index (χ0v) is 21.2. The molecule has 3 aliphatic carbocycles. The van der Waals surface area contributed by atoms with E-state index >= 15 is 0 Å². The molecular formula is C36H33N. The number of rotatable bonds is 6. The Bertz CT molecular complexity index is 1400. The Labute approximate surface area is 221 Å². The molecule has 0 radical (unpaired) electrons. The highest BCUT2D eigenvalue weighted by molar-refractivity contribution is 5.79. The predicted octanol–water partition coefficient (Wildman–Crippen LogP) is 8.96. The molecule has 0 N–H and O–H groups in total. The van der Waals surface area contributed by atoms with Crippen LogP contribution in [-0.4, -0.2) is 12.1 Å². The van der Waals surface area contributed by atoms with Crippen LogP contribution in [0.5, 0.6) is 0 Å². The van der Waals surface area contributed by atoms with Crippen molar-refractivity contribution in [1.82, 2.24) is 0 Å². The third-order valence-electron chi connectivity index (χ3n) is 7.66. The average Bonchev–Trinajstić information content (AvgIpc) is 2.99. The first-order valence-corrected chi connectivity index (χ1v) is 13.5. The van der Waals surface area contributed by atoms with E-state index in [-0.39, 0.29) is 6.04 Å². The molecule has 1 heteroatoms. The molecule has 182 valence electrons. The first-order valence-electron chi connectivity index (χ1n) is 13.5. The maximum absolute atomic E-state index is 2.63. The van der Waals surface area contributed by atoms with Gasteiger partial charge in [-0.2, -0.15) is 0 Å². The van der Waals surface area contributed by atoms with Crippen molar-refractivity contribution in [2.45, 2.75) is 37.8 Å². The van der Waals surface area contributed by atoms with Crippen molar-refractivity contribution in [3.63, 3.8) is 0 Å². The topological polar surface area (TPSA) is 3.24 Å². The summed E-state index contributed by atoms with van der Waals surface area (Å²) in [5.41, 5.74) is 9.53. The van der Waals surface area contributed by atoms with Gasteiger partial charge in [-0.1, -0.05) is 127 Å². The third kappa shape index (κ3) is 5.08. The van der Waals surface area contributed by atoms with Gasteiger partial charge in [-0.3, -0.25) is 0 Å². The molecule has 0 aromatic heterocycles. The first-order chi connectivity index (χ1) is 18.4. The van der Waals surface area contributed by atoms with Crippen molar-refractivity contribution in [2.24, 2.45) is 0 Å². The van der Waals surface area contributed by atoms with Gasteiger partial charge in [0.2, 0.25) is 0 Å². The highest BCUT2D eigenvalue weighted by Crippen LogP contribution is 2.39. The van der Waals surface area contributed by atoms with Gasteiger partial charge in [0, 0.05) is 5.69 Å². The SMILES string of the molecule is C1=CCCC(C2=C(c3ccccc3)CC(N(c3ccccc3)C3C=CC(c4ccccc4)=CC3)C=C2)=C1. The lowest BCUT2D eigenvalue weighted by Crippen LogP contribution is -2.43. The lowest BCUT2D eigenvalue weighted by molar-refractivity contribution is 0.620. The number of anilines is 1. The smallest absolute Gasteiger partial charge is 0.0523 e. The molecule has 6 rings (SSSR count). The molecule has 0 saturated carbocycles. The summed E-state index contributed by atoms with van der Waals surface area (Å²) in [5.74, 6) is 0. The fraction of sp³-hybridized carbons (Fsp3) is 0.167. The van der Waals surface area contributed by atoms with Crippen molar-refractivity contribution in [2.75, 3.05) is 4.90 Å². The molecule has 0 heterocycles. The van der Waals surface area contributed by atoms with Gasteiger partial charge in [-0.05, 0) is 71.2 Å². The monoisotopic (exact) mass is 479 g/mol. The van der Waals surface area contributed by atoms with Crippen molar-refractivity contribution < 1.29 is 0 Å². The van der Waals surface area contributed by atoms with E-state index in [1.165, 1.54) is 39.1 Å². The third-order valence-corrected chi connectivity index (χ3v) is 7.66. The Morgan fingerprint density at radius 1 is 0.676 bits per heavy atom. The molecule has 0 amide bonds. The zero-order valence-electron chi connectivity index (χ0n) is 21.2. The van der Waals surface area contributed by atoms with Gasteiger partial charge in [0.15, 0.2) is 0 Å². The van der Waals surface area contributed by atoms with E-state index in [4.69, 9.17) is 0 Å². The standard InChI is InChI=1S/C36H33N/c1-5-13-28(14-6-1)29-21-23-33(24-22-29)37(32-19-11-4-12-20-32)34-25-26-35(30-15-7-2-8-16-30)36(27-34)31-17-9-3-10-18-31/h1-7,9-15,17-23,25-26,33-34H,8,16,24,27H2. The normalized spacial score (nSPS) is 21.0. The van der Waals surface area contributed by atoms with E-state index < -0.39 is 0 Å². The van der Waals surface area contributed by atoms with Crippen LogP contribution >= 0.6 is 0 Å². The molecule has 0 aliphatic heterocycles. The van der Waals surface area contributed by atoms with Gasteiger partial charge >= 0.3 is 0 Å². The quantitative estimate of drug-likeness (QED) is 0.341. The summed E-state index contributed by atoms with van der Waals surface area (Å²) in [5, 5.41) is 0. The molecule has 2 unspecified atom stereocenters. The van der Waals surface area contributed by atoms with Crippen LogP contribution < -0.4 is 4.90 Å². The molecule has 37 heavy (non-hydrogen) atoms. The molecule has 3 aliphatic rings. The summed E-state index contributed by atoms with van der Waals surface area (Å²) in [7, 11) is 0. The predicted molar refractivity (Wildman–Crippen MR) is 158 cm³/mol. The maximum Gasteiger partial charge on any atom is 0.0523 e. The van der Waals surface area contributed by atoms with Crippen LogP contribution in [0.3, 0.4) is 0 Å². The Hall–Kier alpha value is -4.10. The second-order valence-corrected chi connectivity index (χ2v) is 9.98. The molecule has 3 aromatic carbocycles. The molecule has 0 bridgehead atoms.